The first-order valence-electron chi connectivity index (χ1n) is 6.98. The number of anilines is 1. The number of esters is 1. The number of nitrogens with two attached hydrogens (primary N) is 1. The van der Waals surface area contributed by atoms with Gasteiger partial charge in [-0.3, -0.25) is 0 Å². The van der Waals surface area contributed by atoms with Gasteiger partial charge in [0.25, 0.3) is 0 Å². The van der Waals surface area contributed by atoms with E-state index in [1.54, 1.807) is 0 Å². The maximum Gasteiger partial charge on any atom is 0.344 e. The molecule has 0 aliphatic heterocycles. The molecule has 0 spiro atoms. The van der Waals surface area contributed by atoms with Gasteiger partial charge in [0.15, 0.2) is 6.61 Å². The van der Waals surface area contributed by atoms with Crippen molar-refractivity contribution in [2.45, 2.75) is 32.8 Å². The molecule has 0 aliphatic carbocycles. The van der Waals surface area contributed by atoms with Gasteiger partial charge in [0, 0.05) is 12.2 Å². The summed E-state index contributed by atoms with van der Waals surface area (Å²) in [7, 11) is 0. The molecule has 5 nitrogen and oxygen atoms in total. The lowest BCUT2D eigenvalue weighted by Crippen LogP contribution is -2.18. The minimum absolute atomic E-state index is 0.0680. The SMILES string of the molecule is CC(C)OC(=O)COc1ccc(NCCCCN)cc1. The van der Waals surface area contributed by atoms with Crippen LogP contribution in [-0.2, 0) is 9.53 Å². The van der Waals surface area contributed by atoms with Crippen LogP contribution in [0, 0.1) is 0 Å². The second-order valence-electron chi connectivity index (χ2n) is 4.77. The van der Waals surface area contributed by atoms with E-state index in [1.807, 2.05) is 38.1 Å². The van der Waals surface area contributed by atoms with Gasteiger partial charge in [-0.25, -0.2) is 4.79 Å². The number of benzene rings is 1. The predicted molar refractivity (Wildman–Crippen MR) is 79.9 cm³/mol. The second kappa shape index (κ2) is 9.20. The van der Waals surface area contributed by atoms with E-state index in [1.165, 1.54) is 0 Å². The van der Waals surface area contributed by atoms with Crippen LogP contribution in [-0.4, -0.2) is 31.8 Å². The van der Waals surface area contributed by atoms with Crippen molar-refractivity contribution < 1.29 is 14.3 Å². The van der Waals surface area contributed by atoms with Crippen LogP contribution in [0.4, 0.5) is 5.69 Å². The number of carbonyl (C=O) groups excluding carboxylic acids is 1. The molecule has 0 amide bonds. The van der Waals surface area contributed by atoms with Crippen molar-refractivity contribution in [1.82, 2.24) is 0 Å². The second-order valence-corrected chi connectivity index (χ2v) is 4.77. The zero-order valence-corrected chi connectivity index (χ0v) is 12.2. The van der Waals surface area contributed by atoms with Gasteiger partial charge in [-0.2, -0.15) is 0 Å². The third-order valence-electron chi connectivity index (χ3n) is 2.54. The summed E-state index contributed by atoms with van der Waals surface area (Å²) in [6, 6.07) is 7.50. The van der Waals surface area contributed by atoms with Crippen LogP contribution in [0.25, 0.3) is 0 Å². The highest BCUT2D eigenvalue weighted by molar-refractivity contribution is 5.71. The Bertz CT molecular complexity index is 391. The van der Waals surface area contributed by atoms with Crippen molar-refractivity contribution in [2.24, 2.45) is 5.73 Å². The smallest absolute Gasteiger partial charge is 0.344 e. The van der Waals surface area contributed by atoms with Crippen LogP contribution in [0.15, 0.2) is 24.3 Å². The first kappa shape index (κ1) is 16.3. The van der Waals surface area contributed by atoms with Gasteiger partial charge < -0.3 is 20.5 Å². The highest BCUT2D eigenvalue weighted by atomic mass is 16.6. The number of unbranched alkanes of at least 4 members (excludes halogenated alkanes) is 1. The molecule has 112 valence electrons. The minimum atomic E-state index is -0.357. The van der Waals surface area contributed by atoms with Gasteiger partial charge in [0.2, 0.25) is 0 Å². The summed E-state index contributed by atoms with van der Waals surface area (Å²) in [5.41, 5.74) is 6.46. The summed E-state index contributed by atoms with van der Waals surface area (Å²) < 4.78 is 10.3. The molecule has 0 atom stereocenters. The van der Waals surface area contributed by atoms with Gasteiger partial charge in [0.05, 0.1) is 6.10 Å². The average Bonchev–Trinajstić information content (AvgIpc) is 2.42. The molecular weight excluding hydrogens is 256 g/mol. The molecule has 5 heteroatoms. The van der Waals surface area contributed by atoms with Crippen LogP contribution in [0.1, 0.15) is 26.7 Å². The van der Waals surface area contributed by atoms with Crippen molar-refractivity contribution in [3.63, 3.8) is 0 Å². The zero-order chi connectivity index (χ0) is 14.8. The molecule has 0 fully saturated rings. The van der Waals surface area contributed by atoms with Crippen molar-refractivity contribution in [3.8, 4) is 5.75 Å². The van der Waals surface area contributed by atoms with E-state index in [0.29, 0.717) is 5.75 Å². The van der Waals surface area contributed by atoms with Gasteiger partial charge >= 0.3 is 5.97 Å². The van der Waals surface area contributed by atoms with Gasteiger partial charge in [-0.15, -0.1) is 0 Å². The Morgan fingerprint density at radius 3 is 2.55 bits per heavy atom. The summed E-state index contributed by atoms with van der Waals surface area (Å²) in [4.78, 5) is 11.3. The third kappa shape index (κ3) is 6.99. The topological polar surface area (TPSA) is 73.6 Å². The number of nitrogens with one attached hydrogen (secondary N) is 1. The zero-order valence-electron chi connectivity index (χ0n) is 12.2. The van der Waals surface area contributed by atoms with Crippen LogP contribution >= 0.6 is 0 Å². The van der Waals surface area contributed by atoms with E-state index in [4.69, 9.17) is 15.2 Å². The van der Waals surface area contributed by atoms with Crippen molar-refractivity contribution >= 4 is 11.7 Å². The van der Waals surface area contributed by atoms with Gasteiger partial charge in [0.1, 0.15) is 5.75 Å². The molecule has 0 heterocycles. The van der Waals surface area contributed by atoms with Gasteiger partial charge in [-0.05, 0) is 57.5 Å². The van der Waals surface area contributed by atoms with Crippen LogP contribution < -0.4 is 15.8 Å². The lowest BCUT2D eigenvalue weighted by Gasteiger charge is -2.10. The van der Waals surface area contributed by atoms with Crippen molar-refractivity contribution in [1.29, 1.82) is 0 Å². The quantitative estimate of drug-likeness (QED) is 0.535. The number of hydrogen-bond donors (Lipinski definition) is 2. The van der Waals surface area contributed by atoms with Crippen LogP contribution in [0.2, 0.25) is 0 Å². The molecule has 20 heavy (non-hydrogen) atoms. The largest absolute Gasteiger partial charge is 0.482 e. The van der Waals surface area contributed by atoms with Crippen LogP contribution in [0.3, 0.4) is 0 Å². The predicted octanol–water partition coefficient (Wildman–Crippen LogP) is 2.17. The highest BCUT2D eigenvalue weighted by Crippen LogP contribution is 2.15. The Morgan fingerprint density at radius 2 is 1.95 bits per heavy atom. The highest BCUT2D eigenvalue weighted by Gasteiger charge is 2.06. The van der Waals surface area contributed by atoms with Gasteiger partial charge in [-0.1, -0.05) is 0 Å². The summed E-state index contributed by atoms with van der Waals surface area (Å²) in [5.74, 6) is 0.294. The number of hydrogen-bond acceptors (Lipinski definition) is 5. The lowest BCUT2D eigenvalue weighted by molar-refractivity contribution is -0.149. The summed E-state index contributed by atoms with van der Waals surface area (Å²) in [6.45, 7) is 5.17. The number of carbonyl (C=O) groups is 1. The average molecular weight is 280 g/mol. The first-order chi connectivity index (χ1) is 9.61. The molecule has 1 aromatic carbocycles. The number of ether oxygens (including phenoxy) is 2. The molecule has 0 bridgehead atoms. The fourth-order valence-electron chi connectivity index (χ4n) is 1.61. The molecule has 0 aliphatic rings. The Kier molecular flexibility index (Phi) is 7.50. The monoisotopic (exact) mass is 280 g/mol. The maximum atomic E-state index is 11.3. The van der Waals surface area contributed by atoms with Crippen molar-refractivity contribution in [3.05, 3.63) is 24.3 Å². The van der Waals surface area contributed by atoms with Crippen molar-refractivity contribution in [2.75, 3.05) is 25.0 Å². The molecule has 3 N–H and O–H groups in total. The maximum absolute atomic E-state index is 11.3. The lowest BCUT2D eigenvalue weighted by atomic mass is 10.2. The van der Waals surface area contributed by atoms with E-state index < -0.39 is 0 Å². The Labute approximate surface area is 120 Å². The Hall–Kier alpha value is -1.75. The van der Waals surface area contributed by atoms with E-state index in [-0.39, 0.29) is 18.7 Å². The standard InChI is InChI=1S/C15H24N2O3/c1-12(2)20-15(18)11-19-14-7-5-13(6-8-14)17-10-4-3-9-16/h5-8,12,17H,3-4,9-11,16H2,1-2H3. The third-order valence-corrected chi connectivity index (χ3v) is 2.54. The molecule has 0 radical (unpaired) electrons. The van der Waals surface area contributed by atoms with Crippen LogP contribution in [0.5, 0.6) is 5.75 Å². The molecule has 1 aromatic rings. The Balaban J connectivity index is 2.29. The molecule has 0 saturated heterocycles. The molecule has 0 unspecified atom stereocenters. The molecule has 0 saturated carbocycles. The number of rotatable bonds is 9. The van der Waals surface area contributed by atoms with E-state index in [0.717, 1.165) is 31.6 Å². The van der Waals surface area contributed by atoms with E-state index in [9.17, 15) is 4.79 Å². The fraction of sp³-hybridized carbons (Fsp3) is 0.533. The normalized spacial score (nSPS) is 10.4. The summed E-state index contributed by atoms with van der Waals surface area (Å²) >= 11 is 0. The minimum Gasteiger partial charge on any atom is -0.482 e. The molecule has 0 aromatic heterocycles. The summed E-state index contributed by atoms with van der Waals surface area (Å²) in [6.07, 6.45) is 1.95. The molecular formula is C15H24N2O3. The first-order valence-corrected chi connectivity index (χ1v) is 6.98. The fourth-order valence-corrected chi connectivity index (χ4v) is 1.61. The Morgan fingerprint density at radius 1 is 1.25 bits per heavy atom. The van der Waals surface area contributed by atoms with E-state index >= 15 is 0 Å². The molecule has 1 rings (SSSR count). The van der Waals surface area contributed by atoms with E-state index in [2.05, 4.69) is 5.32 Å². The summed E-state index contributed by atoms with van der Waals surface area (Å²) in [5, 5.41) is 3.29.